The van der Waals surface area contributed by atoms with Crippen molar-refractivity contribution >= 4 is 23.5 Å². The number of hydrogen-bond acceptors (Lipinski definition) is 5. The summed E-state index contributed by atoms with van der Waals surface area (Å²) in [4.78, 5) is 37.5. The molecule has 0 aliphatic heterocycles. The molecule has 2 N–H and O–H groups in total. The standard InChI is InChI=1S/C19H24N4O4/c1-12-11-16(22-27-12)21-18(25)13(2)20-17(24)10-7-14-5-8-15(9-6-14)19(26)23(3)4/h5-6,8-9,11,13H,7,10H2,1-4H3,(H,20,24)(H,21,22,25)/t13-/m0/s1. The van der Waals surface area contributed by atoms with Crippen molar-refractivity contribution in [3.63, 3.8) is 0 Å². The van der Waals surface area contributed by atoms with E-state index in [-0.39, 0.29) is 24.1 Å². The summed E-state index contributed by atoms with van der Waals surface area (Å²) in [5.41, 5.74) is 1.54. The molecule has 2 rings (SSSR count). The quantitative estimate of drug-likeness (QED) is 0.771. The average Bonchev–Trinajstić information content (AvgIpc) is 3.04. The molecule has 0 unspecified atom stereocenters. The van der Waals surface area contributed by atoms with E-state index in [1.807, 2.05) is 12.1 Å². The number of benzene rings is 1. The summed E-state index contributed by atoms with van der Waals surface area (Å²) < 4.78 is 4.87. The summed E-state index contributed by atoms with van der Waals surface area (Å²) in [7, 11) is 3.39. The van der Waals surface area contributed by atoms with Gasteiger partial charge in [-0.05, 0) is 38.0 Å². The van der Waals surface area contributed by atoms with E-state index in [9.17, 15) is 14.4 Å². The highest BCUT2D eigenvalue weighted by molar-refractivity contribution is 5.96. The largest absolute Gasteiger partial charge is 0.360 e. The molecule has 1 heterocycles. The lowest BCUT2D eigenvalue weighted by atomic mass is 10.1. The van der Waals surface area contributed by atoms with Gasteiger partial charge in [0.2, 0.25) is 11.8 Å². The molecule has 0 saturated carbocycles. The van der Waals surface area contributed by atoms with Gasteiger partial charge in [0, 0.05) is 32.1 Å². The molecule has 0 spiro atoms. The molecule has 0 fully saturated rings. The molecule has 3 amide bonds. The number of hydrogen-bond donors (Lipinski definition) is 2. The Morgan fingerprint density at radius 3 is 2.41 bits per heavy atom. The summed E-state index contributed by atoms with van der Waals surface area (Å²) in [5.74, 6) is 0.221. The summed E-state index contributed by atoms with van der Waals surface area (Å²) in [6.45, 7) is 3.32. The van der Waals surface area contributed by atoms with Crippen molar-refractivity contribution < 1.29 is 18.9 Å². The van der Waals surface area contributed by atoms with Gasteiger partial charge in [-0.15, -0.1) is 0 Å². The van der Waals surface area contributed by atoms with Gasteiger partial charge in [0.25, 0.3) is 5.91 Å². The second-order valence-electron chi connectivity index (χ2n) is 6.50. The second-order valence-corrected chi connectivity index (χ2v) is 6.50. The summed E-state index contributed by atoms with van der Waals surface area (Å²) in [6.07, 6.45) is 0.751. The van der Waals surface area contributed by atoms with Crippen molar-refractivity contribution in [3.8, 4) is 0 Å². The van der Waals surface area contributed by atoms with Crippen LogP contribution in [0.2, 0.25) is 0 Å². The molecule has 0 radical (unpaired) electrons. The van der Waals surface area contributed by atoms with Crippen molar-refractivity contribution in [2.24, 2.45) is 0 Å². The first kappa shape index (κ1) is 20.2. The van der Waals surface area contributed by atoms with E-state index in [4.69, 9.17) is 4.52 Å². The lowest BCUT2D eigenvalue weighted by molar-refractivity contribution is -0.126. The first-order valence-corrected chi connectivity index (χ1v) is 8.60. The molecule has 1 atom stereocenters. The number of amides is 3. The van der Waals surface area contributed by atoms with E-state index in [1.165, 1.54) is 4.90 Å². The Morgan fingerprint density at radius 2 is 1.85 bits per heavy atom. The number of aryl methyl sites for hydroxylation is 2. The Morgan fingerprint density at radius 1 is 1.19 bits per heavy atom. The summed E-state index contributed by atoms with van der Waals surface area (Å²) in [5, 5.41) is 8.90. The number of carbonyl (C=O) groups excluding carboxylic acids is 3. The molecule has 27 heavy (non-hydrogen) atoms. The molecule has 1 aromatic heterocycles. The van der Waals surface area contributed by atoms with E-state index in [1.54, 1.807) is 46.1 Å². The van der Waals surface area contributed by atoms with Gasteiger partial charge >= 0.3 is 0 Å². The van der Waals surface area contributed by atoms with E-state index in [0.29, 0.717) is 23.6 Å². The van der Waals surface area contributed by atoms with Gasteiger partial charge in [-0.25, -0.2) is 0 Å². The molecule has 0 saturated heterocycles. The predicted octanol–water partition coefficient (Wildman–Crippen LogP) is 1.76. The summed E-state index contributed by atoms with van der Waals surface area (Å²) >= 11 is 0. The van der Waals surface area contributed by atoms with Crippen molar-refractivity contribution in [3.05, 3.63) is 47.2 Å². The number of nitrogens with zero attached hydrogens (tertiary/aromatic N) is 2. The zero-order valence-electron chi connectivity index (χ0n) is 15.9. The lowest BCUT2D eigenvalue weighted by Crippen LogP contribution is -2.41. The zero-order valence-corrected chi connectivity index (χ0v) is 15.9. The van der Waals surface area contributed by atoms with E-state index in [0.717, 1.165) is 5.56 Å². The fraction of sp³-hybridized carbons (Fsp3) is 0.368. The smallest absolute Gasteiger partial charge is 0.253 e. The van der Waals surface area contributed by atoms with Crippen LogP contribution >= 0.6 is 0 Å². The zero-order chi connectivity index (χ0) is 20.0. The molecular weight excluding hydrogens is 348 g/mol. The normalized spacial score (nSPS) is 11.6. The third kappa shape index (κ3) is 5.95. The van der Waals surface area contributed by atoms with E-state index >= 15 is 0 Å². The maximum Gasteiger partial charge on any atom is 0.253 e. The second kappa shape index (κ2) is 8.98. The van der Waals surface area contributed by atoms with Gasteiger partial charge in [0.15, 0.2) is 5.82 Å². The van der Waals surface area contributed by atoms with Gasteiger partial charge in [-0.1, -0.05) is 17.3 Å². The van der Waals surface area contributed by atoms with Gasteiger partial charge in [-0.3, -0.25) is 14.4 Å². The Balaban J connectivity index is 1.79. The Hall–Kier alpha value is -3.16. The van der Waals surface area contributed by atoms with E-state index in [2.05, 4.69) is 15.8 Å². The molecule has 144 valence electrons. The topological polar surface area (TPSA) is 105 Å². The van der Waals surface area contributed by atoms with Crippen molar-refractivity contribution in [1.29, 1.82) is 0 Å². The Bertz CT molecular complexity index is 811. The number of anilines is 1. The van der Waals surface area contributed by atoms with E-state index < -0.39 is 6.04 Å². The third-order valence-electron chi connectivity index (χ3n) is 3.90. The third-order valence-corrected chi connectivity index (χ3v) is 3.90. The van der Waals surface area contributed by atoms with Gasteiger partial charge in [0.1, 0.15) is 11.8 Å². The average molecular weight is 372 g/mol. The predicted molar refractivity (Wildman–Crippen MR) is 100 cm³/mol. The summed E-state index contributed by atoms with van der Waals surface area (Å²) in [6, 6.07) is 8.03. The SMILES string of the molecule is Cc1cc(NC(=O)[C@H](C)NC(=O)CCc2ccc(C(=O)N(C)C)cc2)no1. The van der Waals surface area contributed by atoms with Crippen LogP contribution in [0, 0.1) is 6.92 Å². The monoisotopic (exact) mass is 372 g/mol. The first-order chi connectivity index (χ1) is 12.8. The molecule has 8 heteroatoms. The van der Waals surface area contributed by atoms with Crippen LogP contribution in [0.3, 0.4) is 0 Å². The molecule has 0 aliphatic carbocycles. The van der Waals surface area contributed by atoms with Crippen LogP contribution in [-0.2, 0) is 16.0 Å². The van der Waals surface area contributed by atoms with Crippen molar-refractivity contribution in [2.45, 2.75) is 32.7 Å². The van der Waals surface area contributed by atoms with Gasteiger partial charge in [0.05, 0.1) is 0 Å². The molecule has 1 aromatic carbocycles. The van der Waals surface area contributed by atoms with Crippen LogP contribution in [0.15, 0.2) is 34.9 Å². The highest BCUT2D eigenvalue weighted by atomic mass is 16.5. The molecule has 0 aliphatic rings. The molecular formula is C19H24N4O4. The van der Waals surface area contributed by atoms with Crippen LogP contribution in [0.1, 0.15) is 35.0 Å². The highest BCUT2D eigenvalue weighted by Gasteiger charge is 2.17. The van der Waals surface area contributed by atoms with Crippen LogP contribution in [0.25, 0.3) is 0 Å². The minimum absolute atomic E-state index is 0.0681. The maximum atomic E-state index is 12.1. The van der Waals surface area contributed by atoms with Gasteiger partial charge < -0.3 is 20.1 Å². The maximum absolute atomic E-state index is 12.1. The Kier molecular flexibility index (Phi) is 6.70. The minimum atomic E-state index is -0.699. The lowest BCUT2D eigenvalue weighted by Gasteiger charge is -2.13. The number of rotatable bonds is 7. The first-order valence-electron chi connectivity index (χ1n) is 8.60. The number of nitrogens with one attached hydrogen (secondary N) is 2. The minimum Gasteiger partial charge on any atom is -0.360 e. The van der Waals surface area contributed by atoms with Crippen LogP contribution in [0.5, 0.6) is 0 Å². The fourth-order valence-electron chi connectivity index (χ4n) is 2.37. The van der Waals surface area contributed by atoms with Crippen LogP contribution < -0.4 is 10.6 Å². The van der Waals surface area contributed by atoms with Crippen molar-refractivity contribution in [2.75, 3.05) is 19.4 Å². The van der Waals surface area contributed by atoms with Crippen LogP contribution in [0.4, 0.5) is 5.82 Å². The highest BCUT2D eigenvalue weighted by Crippen LogP contribution is 2.09. The number of carbonyl (C=O) groups is 3. The van der Waals surface area contributed by atoms with Crippen molar-refractivity contribution in [1.82, 2.24) is 15.4 Å². The van der Waals surface area contributed by atoms with Crippen LogP contribution in [-0.4, -0.2) is 47.9 Å². The fourth-order valence-corrected chi connectivity index (χ4v) is 2.37. The molecule has 8 nitrogen and oxygen atoms in total. The van der Waals surface area contributed by atoms with Gasteiger partial charge in [-0.2, -0.15) is 0 Å². The molecule has 0 bridgehead atoms. The number of aromatic nitrogens is 1. The molecule has 2 aromatic rings. The Labute approximate surface area is 157 Å².